The summed E-state index contributed by atoms with van der Waals surface area (Å²) in [7, 11) is 2.29. The molecule has 5 heteroatoms. The molecule has 2 unspecified atom stereocenters. The van der Waals surface area contributed by atoms with Gasteiger partial charge in [0.25, 0.3) is 0 Å². The molecular formula is C12H20N4S. The number of nitrogens with one attached hydrogen (secondary N) is 1. The Morgan fingerprint density at radius 3 is 2.65 bits per heavy atom. The minimum atomic E-state index is 0.813. The van der Waals surface area contributed by atoms with Gasteiger partial charge in [0.15, 0.2) is 0 Å². The van der Waals surface area contributed by atoms with Crippen molar-refractivity contribution >= 4 is 16.7 Å². The summed E-state index contributed by atoms with van der Waals surface area (Å²) in [5, 5.41) is 4.43. The first-order valence-corrected chi connectivity index (χ1v) is 7.26. The number of aryl methyl sites for hydroxylation is 1. The summed E-state index contributed by atoms with van der Waals surface area (Å²) in [6, 6.07) is 1.66. The highest BCUT2D eigenvalue weighted by Crippen LogP contribution is 2.37. The van der Waals surface area contributed by atoms with E-state index < -0.39 is 0 Å². The number of fused-ring (bicyclic) bond motifs is 2. The molecule has 2 atom stereocenters. The average Bonchev–Trinajstić information content (AvgIpc) is 2.78. The summed E-state index contributed by atoms with van der Waals surface area (Å²) in [6.07, 6.45) is 5.49. The maximum Gasteiger partial charge on any atom is 0.202 e. The van der Waals surface area contributed by atoms with Crippen LogP contribution >= 0.6 is 11.5 Å². The molecule has 0 aliphatic carbocycles. The molecule has 1 N–H and O–H groups in total. The fourth-order valence-corrected chi connectivity index (χ4v) is 3.87. The van der Waals surface area contributed by atoms with Crippen LogP contribution in [0.25, 0.3) is 0 Å². The average molecular weight is 252 g/mol. The lowest BCUT2D eigenvalue weighted by Gasteiger charge is -2.36. The van der Waals surface area contributed by atoms with Crippen LogP contribution in [0.5, 0.6) is 0 Å². The second-order valence-corrected chi connectivity index (χ2v) is 6.17. The van der Waals surface area contributed by atoms with Gasteiger partial charge in [-0.1, -0.05) is 0 Å². The van der Waals surface area contributed by atoms with E-state index in [9.17, 15) is 0 Å². The normalized spacial score (nSPS) is 32.9. The molecule has 0 saturated carbocycles. The highest BCUT2D eigenvalue weighted by molar-refractivity contribution is 7.09. The maximum absolute atomic E-state index is 4.35. The number of nitrogens with zero attached hydrogens (tertiary/aromatic N) is 3. The summed E-state index contributed by atoms with van der Waals surface area (Å²) in [5.74, 6) is 1.69. The lowest BCUT2D eigenvalue weighted by molar-refractivity contribution is 0.139. The summed E-state index contributed by atoms with van der Waals surface area (Å²) in [6.45, 7) is 3.01. The largest absolute Gasteiger partial charge is 0.360 e. The second kappa shape index (κ2) is 4.53. The zero-order valence-electron chi connectivity index (χ0n) is 10.5. The molecule has 2 fully saturated rings. The third-order valence-corrected chi connectivity index (χ3v) is 5.03. The number of hydrogen-bond donors (Lipinski definition) is 1. The topological polar surface area (TPSA) is 41.1 Å². The molecule has 1 aromatic heterocycles. The standard InChI is InChI=1S/C12H20N4S/c1-8-14-12(17-15-8)13-7-9-5-10-3-4-11(6-9)16(10)2/h9-11H,3-7H2,1-2H3,(H,13,14,15). The van der Waals surface area contributed by atoms with E-state index in [0.29, 0.717) is 0 Å². The Balaban J connectivity index is 1.54. The van der Waals surface area contributed by atoms with Crippen molar-refractivity contribution in [2.45, 2.75) is 44.7 Å². The predicted molar refractivity (Wildman–Crippen MR) is 70.4 cm³/mol. The van der Waals surface area contributed by atoms with E-state index in [1.165, 1.54) is 37.2 Å². The van der Waals surface area contributed by atoms with Crippen LogP contribution in [0.4, 0.5) is 5.13 Å². The predicted octanol–water partition coefficient (Wildman–Crippen LogP) is 2.13. The first kappa shape index (κ1) is 11.4. The molecule has 17 heavy (non-hydrogen) atoms. The lowest BCUT2D eigenvalue weighted by atomic mass is 9.91. The number of anilines is 1. The van der Waals surface area contributed by atoms with Crippen molar-refractivity contribution in [1.29, 1.82) is 0 Å². The molecule has 2 bridgehead atoms. The molecule has 2 saturated heterocycles. The van der Waals surface area contributed by atoms with E-state index in [1.54, 1.807) is 0 Å². The van der Waals surface area contributed by atoms with E-state index in [2.05, 4.69) is 26.6 Å². The monoisotopic (exact) mass is 252 g/mol. The molecule has 2 aliphatic heterocycles. The van der Waals surface area contributed by atoms with Crippen LogP contribution in [0.3, 0.4) is 0 Å². The van der Waals surface area contributed by atoms with Crippen molar-refractivity contribution in [2.75, 3.05) is 18.9 Å². The van der Waals surface area contributed by atoms with Crippen molar-refractivity contribution in [3.8, 4) is 0 Å². The van der Waals surface area contributed by atoms with Crippen molar-refractivity contribution in [1.82, 2.24) is 14.3 Å². The molecule has 0 amide bonds. The van der Waals surface area contributed by atoms with Crippen LogP contribution in [-0.4, -0.2) is 39.9 Å². The third kappa shape index (κ3) is 2.31. The molecule has 0 radical (unpaired) electrons. The van der Waals surface area contributed by atoms with Gasteiger partial charge < -0.3 is 10.2 Å². The highest BCUT2D eigenvalue weighted by Gasteiger charge is 2.38. The Labute approximate surface area is 107 Å². The quantitative estimate of drug-likeness (QED) is 0.895. The van der Waals surface area contributed by atoms with E-state index in [1.807, 2.05) is 6.92 Å². The second-order valence-electron chi connectivity index (χ2n) is 5.42. The fraction of sp³-hybridized carbons (Fsp3) is 0.833. The fourth-order valence-electron chi connectivity index (χ4n) is 3.29. The van der Waals surface area contributed by atoms with Gasteiger partial charge in [-0.15, -0.1) is 0 Å². The van der Waals surface area contributed by atoms with Crippen LogP contribution in [0.1, 0.15) is 31.5 Å². The minimum Gasteiger partial charge on any atom is -0.360 e. The molecule has 3 heterocycles. The molecule has 0 spiro atoms. The number of rotatable bonds is 3. The van der Waals surface area contributed by atoms with Gasteiger partial charge in [0.2, 0.25) is 5.13 Å². The SMILES string of the molecule is Cc1nsc(NCC2CC3CCC(C2)N3C)n1. The van der Waals surface area contributed by atoms with Crippen LogP contribution in [0.2, 0.25) is 0 Å². The first-order chi connectivity index (χ1) is 8.22. The van der Waals surface area contributed by atoms with E-state index in [0.717, 1.165) is 35.5 Å². The number of hydrogen-bond acceptors (Lipinski definition) is 5. The first-order valence-electron chi connectivity index (χ1n) is 6.48. The van der Waals surface area contributed by atoms with Gasteiger partial charge >= 0.3 is 0 Å². The Morgan fingerprint density at radius 1 is 1.35 bits per heavy atom. The van der Waals surface area contributed by atoms with Gasteiger partial charge in [0, 0.05) is 30.2 Å². The Kier molecular flexibility index (Phi) is 3.04. The Morgan fingerprint density at radius 2 is 2.06 bits per heavy atom. The van der Waals surface area contributed by atoms with Crippen LogP contribution in [0, 0.1) is 12.8 Å². The third-order valence-electron chi connectivity index (χ3n) is 4.27. The van der Waals surface area contributed by atoms with Gasteiger partial charge in [-0.25, -0.2) is 4.98 Å². The number of piperidine rings is 1. The van der Waals surface area contributed by atoms with Gasteiger partial charge in [-0.2, -0.15) is 4.37 Å². The van der Waals surface area contributed by atoms with Crippen molar-refractivity contribution < 1.29 is 0 Å². The zero-order valence-corrected chi connectivity index (χ0v) is 11.3. The molecule has 94 valence electrons. The molecule has 0 aromatic carbocycles. The molecule has 2 aliphatic rings. The summed E-state index contributed by atoms with van der Waals surface area (Å²) in [5.41, 5.74) is 0. The maximum atomic E-state index is 4.35. The van der Waals surface area contributed by atoms with E-state index in [-0.39, 0.29) is 0 Å². The van der Waals surface area contributed by atoms with Crippen LogP contribution in [0.15, 0.2) is 0 Å². The Hall–Kier alpha value is -0.680. The molecule has 1 aromatic rings. The zero-order chi connectivity index (χ0) is 11.8. The molecular weight excluding hydrogens is 232 g/mol. The van der Waals surface area contributed by atoms with Crippen molar-refractivity contribution in [3.05, 3.63) is 5.82 Å². The van der Waals surface area contributed by atoms with Crippen LogP contribution < -0.4 is 5.32 Å². The van der Waals surface area contributed by atoms with Gasteiger partial charge in [-0.3, -0.25) is 0 Å². The lowest BCUT2D eigenvalue weighted by Crippen LogP contribution is -2.41. The van der Waals surface area contributed by atoms with E-state index >= 15 is 0 Å². The van der Waals surface area contributed by atoms with Crippen molar-refractivity contribution in [2.24, 2.45) is 5.92 Å². The smallest absolute Gasteiger partial charge is 0.202 e. The minimum absolute atomic E-state index is 0.813. The van der Waals surface area contributed by atoms with Crippen molar-refractivity contribution in [3.63, 3.8) is 0 Å². The van der Waals surface area contributed by atoms with Gasteiger partial charge in [0.05, 0.1) is 0 Å². The van der Waals surface area contributed by atoms with Gasteiger partial charge in [-0.05, 0) is 45.6 Å². The van der Waals surface area contributed by atoms with Gasteiger partial charge in [0.1, 0.15) is 5.82 Å². The van der Waals surface area contributed by atoms with Crippen LogP contribution in [-0.2, 0) is 0 Å². The summed E-state index contributed by atoms with van der Waals surface area (Å²) < 4.78 is 4.19. The highest BCUT2D eigenvalue weighted by atomic mass is 32.1. The molecule has 3 rings (SSSR count). The Bertz CT molecular complexity index is 378. The summed E-state index contributed by atoms with van der Waals surface area (Å²) in [4.78, 5) is 6.94. The molecule has 4 nitrogen and oxygen atoms in total. The number of aromatic nitrogens is 2. The summed E-state index contributed by atoms with van der Waals surface area (Å²) >= 11 is 1.47. The van der Waals surface area contributed by atoms with E-state index in [4.69, 9.17) is 0 Å².